The Morgan fingerprint density at radius 2 is 2.40 bits per heavy atom. The summed E-state index contributed by atoms with van der Waals surface area (Å²) in [5, 5.41) is 13.4. The van der Waals surface area contributed by atoms with E-state index in [2.05, 4.69) is 33.2 Å². The van der Waals surface area contributed by atoms with Crippen molar-refractivity contribution in [1.82, 2.24) is 9.97 Å². The van der Waals surface area contributed by atoms with Gasteiger partial charge < -0.3 is 20.1 Å². The first kappa shape index (κ1) is 13.5. The van der Waals surface area contributed by atoms with Crippen LogP contribution < -0.4 is 10.2 Å². The van der Waals surface area contributed by atoms with Crippen LogP contribution in [-0.2, 0) is 4.74 Å². The molecule has 2 N–H and O–H groups in total. The van der Waals surface area contributed by atoms with E-state index in [9.17, 15) is 5.11 Å². The number of nitrogens with zero attached hydrogens (tertiary/aromatic N) is 3. The predicted molar refractivity (Wildman–Crippen MR) is 80.7 cm³/mol. The minimum absolute atomic E-state index is 0.0340. The number of aliphatic hydroxyl groups excluding tert-OH is 1. The number of aromatic nitrogens is 2. The zero-order valence-electron chi connectivity index (χ0n) is 11.6. The second kappa shape index (κ2) is 5.51. The van der Waals surface area contributed by atoms with E-state index < -0.39 is 0 Å². The van der Waals surface area contributed by atoms with Crippen LogP contribution in [0.15, 0.2) is 6.07 Å². The Bertz CT molecular complexity index is 616. The quantitative estimate of drug-likeness (QED) is 0.887. The average molecular weight is 294 g/mol. The van der Waals surface area contributed by atoms with E-state index in [-0.39, 0.29) is 12.7 Å². The molecule has 1 atom stereocenters. The van der Waals surface area contributed by atoms with E-state index in [0.29, 0.717) is 19.1 Å². The standard InChI is InChI=1S/C13H18N4O2S/c1-8-5-10-11(15-13(14-2)16-12(10)20-8)17-3-4-19-9(6-17)7-18/h5,9,18H,3-4,6-7H2,1-2H3,(H,14,15,16). The smallest absolute Gasteiger partial charge is 0.225 e. The predicted octanol–water partition coefficient (Wildman–Crippen LogP) is 1.24. The van der Waals surface area contributed by atoms with Crippen LogP contribution in [0.25, 0.3) is 10.2 Å². The number of thiophene rings is 1. The normalized spacial score (nSPS) is 19.6. The van der Waals surface area contributed by atoms with E-state index >= 15 is 0 Å². The molecule has 1 saturated heterocycles. The largest absolute Gasteiger partial charge is 0.394 e. The number of fused-ring (bicyclic) bond motifs is 1. The summed E-state index contributed by atoms with van der Waals surface area (Å²) in [6, 6.07) is 2.12. The van der Waals surface area contributed by atoms with Gasteiger partial charge in [-0.2, -0.15) is 4.98 Å². The van der Waals surface area contributed by atoms with E-state index in [4.69, 9.17) is 4.74 Å². The Morgan fingerprint density at radius 1 is 1.55 bits per heavy atom. The summed E-state index contributed by atoms with van der Waals surface area (Å²) in [5.74, 6) is 1.55. The molecule has 3 heterocycles. The van der Waals surface area contributed by atoms with Crippen molar-refractivity contribution in [3.05, 3.63) is 10.9 Å². The molecular weight excluding hydrogens is 276 g/mol. The first-order chi connectivity index (χ1) is 9.71. The monoisotopic (exact) mass is 294 g/mol. The van der Waals surface area contributed by atoms with Gasteiger partial charge in [0, 0.05) is 25.0 Å². The fraction of sp³-hybridized carbons (Fsp3) is 0.538. The lowest BCUT2D eigenvalue weighted by Gasteiger charge is -2.33. The van der Waals surface area contributed by atoms with Crippen LogP contribution >= 0.6 is 11.3 Å². The van der Waals surface area contributed by atoms with Crippen LogP contribution in [-0.4, -0.2) is 54.5 Å². The third kappa shape index (κ3) is 2.44. The van der Waals surface area contributed by atoms with Crippen LogP contribution in [0, 0.1) is 6.92 Å². The zero-order valence-corrected chi connectivity index (χ0v) is 12.4. The number of morpholine rings is 1. The fourth-order valence-electron chi connectivity index (χ4n) is 2.40. The summed E-state index contributed by atoms with van der Waals surface area (Å²) in [4.78, 5) is 13.5. The number of ether oxygens (including phenoxy) is 1. The summed E-state index contributed by atoms with van der Waals surface area (Å²) in [6.07, 6.45) is -0.147. The highest BCUT2D eigenvalue weighted by Crippen LogP contribution is 2.32. The van der Waals surface area contributed by atoms with Gasteiger partial charge in [-0.15, -0.1) is 11.3 Å². The van der Waals surface area contributed by atoms with Gasteiger partial charge in [0.2, 0.25) is 5.95 Å². The maximum absolute atomic E-state index is 9.28. The van der Waals surface area contributed by atoms with E-state index in [1.54, 1.807) is 11.3 Å². The van der Waals surface area contributed by atoms with Crippen molar-refractivity contribution in [2.45, 2.75) is 13.0 Å². The summed E-state index contributed by atoms with van der Waals surface area (Å²) >= 11 is 1.67. The molecule has 3 rings (SSSR count). The number of nitrogens with one attached hydrogen (secondary N) is 1. The first-order valence-corrected chi connectivity index (χ1v) is 7.46. The molecule has 0 radical (unpaired) electrons. The van der Waals surface area contributed by atoms with Crippen molar-refractivity contribution in [3.63, 3.8) is 0 Å². The zero-order chi connectivity index (χ0) is 14.1. The van der Waals surface area contributed by atoms with Crippen LogP contribution in [0.2, 0.25) is 0 Å². The van der Waals surface area contributed by atoms with Gasteiger partial charge in [-0.05, 0) is 13.0 Å². The number of hydrogen-bond acceptors (Lipinski definition) is 7. The SMILES string of the molecule is CNc1nc(N2CCOC(CO)C2)c2cc(C)sc2n1. The minimum Gasteiger partial charge on any atom is -0.394 e. The molecule has 6 nitrogen and oxygen atoms in total. The molecule has 1 aliphatic rings. The molecule has 1 unspecified atom stereocenters. The molecule has 7 heteroatoms. The number of hydrogen-bond donors (Lipinski definition) is 2. The lowest BCUT2D eigenvalue weighted by atomic mass is 10.2. The lowest BCUT2D eigenvalue weighted by Crippen LogP contribution is -2.44. The van der Waals surface area contributed by atoms with Gasteiger partial charge in [0.15, 0.2) is 0 Å². The second-order valence-electron chi connectivity index (χ2n) is 4.82. The minimum atomic E-state index is -0.147. The van der Waals surface area contributed by atoms with Gasteiger partial charge in [-0.3, -0.25) is 0 Å². The summed E-state index contributed by atoms with van der Waals surface area (Å²) in [5.41, 5.74) is 0. The summed E-state index contributed by atoms with van der Waals surface area (Å²) in [7, 11) is 1.82. The van der Waals surface area contributed by atoms with Crippen molar-refractivity contribution in [2.24, 2.45) is 0 Å². The van der Waals surface area contributed by atoms with Crippen molar-refractivity contribution < 1.29 is 9.84 Å². The van der Waals surface area contributed by atoms with Gasteiger partial charge in [0.25, 0.3) is 0 Å². The Hall–Kier alpha value is -1.44. The van der Waals surface area contributed by atoms with Crippen LogP contribution in [0.1, 0.15) is 4.88 Å². The third-order valence-electron chi connectivity index (χ3n) is 3.36. The highest BCUT2D eigenvalue weighted by atomic mass is 32.1. The fourth-order valence-corrected chi connectivity index (χ4v) is 3.28. The van der Waals surface area contributed by atoms with Crippen LogP contribution in [0.4, 0.5) is 11.8 Å². The van der Waals surface area contributed by atoms with Crippen molar-refractivity contribution >= 4 is 33.3 Å². The maximum atomic E-state index is 9.28. The molecule has 1 aliphatic heterocycles. The number of aliphatic hydroxyl groups is 1. The second-order valence-corrected chi connectivity index (χ2v) is 6.05. The highest BCUT2D eigenvalue weighted by Gasteiger charge is 2.23. The summed E-state index contributed by atoms with van der Waals surface area (Å²) < 4.78 is 5.50. The van der Waals surface area contributed by atoms with Gasteiger partial charge in [-0.25, -0.2) is 4.98 Å². The Kier molecular flexibility index (Phi) is 3.73. The van der Waals surface area contributed by atoms with Crippen molar-refractivity contribution in [2.75, 3.05) is 43.6 Å². The Balaban J connectivity index is 2.04. The molecule has 108 valence electrons. The molecule has 1 fully saturated rings. The third-order valence-corrected chi connectivity index (χ3v) is 4.31. The van der Waals surface area contributed by atoms with Crippen LogP contribution in [0.5, 0.6) is 0 Å². The number of rotatable bonds is 3. The van der Waals surface area contributed by atoms with E-state index in [0.717, 1.165) is 22.6 Å². The molecule has 2 aromatic heterocycles. The van der Waals surface area contributed by atoms with Gasteiger partial charge in [0.05, 0.1) is 24.7 Å². The maximum Gasteiger partial charge on any atom is 0.225 e. The molecule has 0 aromatic carbocycles. The molecule has 20 heavy (non-hydrogen) atoms. The van der Waals surface area contributed by atoms with Gasteiger partial charge in [0.1, 0.15) is 10.6 Å². The average Bonchev–Trinajstić information content (AvgIpc) is 2.86. The van der Waals surface area contributed by atoms with Gasteiger partial charge in [-0.1, -0.05) is 0 Å². The molecule has 0 bridgehead atoms. The molecule has 2 aromatic rings. The Morgan fingerprint density at radius 3 is 3.15 bits per heavy atom. The molecule has 0 saturated carbocycles. The molecule has 0 spiro atoms. The highest BCUT2D eigenvalue weighted by molar-refractivity contribution is 7.18. The molecule has 0 amide bonds. The summed E-state index contributed by atoms with van der Waals surface area (Å²) in [6.45, 7) is 4.15. The number of aryl methyl sites for hydroxylation is 1. The van der Waals surface area contributed by atoms with E-state index in [1.165, 1.54) is 4.88 Å². The molecular formula is C13H18N4O2S. The first-order valence-electron chi connectivity index (χ1n) is 6.64. The van der Waals surface area contributed by atoms with Crippen molar-refractivity contribution in [3.8, 4) is 0 Å². The number of anilines is 2. The van der Waals surface area contributed by atoms with Crippen LogP contribution in [0.3, 0.4) is 0 Å². The van der Waals surface area contributed by atoms with Crippen molar-refractivity contribution in [1.29, 1.82) is 0 Å². The van der Waals surface area contributed by atoms with Gasteiger partial charge >= 0.3 is 0 Å². The Labute approximate surface area is 121 Å². The molecule has 0 aliphatic carbocycles. The lowest BCUT2D eigenvalue weighted by molar-refractivity contribution is 0.00344. The topological polar surface area (TPSA) is 70.5 Å². The van der Waals surface area contributed by atoms with E-state index in [1.807, 2.05) is 7.05 Å².